The maximum absolute atomic E-state index is 12.3. The highest BCUT2D eigenvalue weighted by molar-refractivity contribution is 7.89. The molecule has 1 aromatic rings. The van der Waals surface area contributed by atoms with E-state index in [-0.39, 0.29) is 0 Å². The molecule has 6 heteroatoms. The van der Waals surface area contributed by atoms with Crippen LogP contribution in [0, 0.1) is 12.8 Å². The molecule has 3 N–H and O–H groups in total. The minimum absolute atomic E-state index is 0.300. The predicted molar refractivity (Wildman–Crippen MR) is 84.5 cm³/mol. The molecule has 0 spiro atoms. The fourth-order valence-corrected chi connectivity index (χ4v) is 3.21. The topological polar surface area (TPSA) is 81.4 Å². The maximum atomic E-state index is 12.3. The van der Waals surface area contributed by atoms with Gasteiger partial charge in [-0.1, -0.05) is 26.0 Å². The third-order valence-corrected chi connectivity index (χ3v) is 4.59. The summed E-state index contributed by atoms with van der Waals surface area (Å²) in [5.74, 6) is 0.489. The number of hydrogen-bond donors (Lipinski definition) is 2. The Labute approximate surface area is 127 Å². The first kappa shape index (κ1) is 18.1. The SMILES string of the molecule is Cc1ccc(CN)cc1S(=O)(=O)NCCCOCC(C)C. The standard InChI is InChI=1S/C15H26N2O3S/c1-12(2)11-20-8-4-7-17-21(18,19)15-9-14(10-16)6-5-13(15)3/h5-6,9,12,17H,4,7-8,10-11,16H2,1-3H3. The number of ether oxygens (including phenoxy) is 1. The van der Waals surface area contributed by atoms with Gasteiger partial charge in [0.05, 0.1) is 4.90 Å². The quantitative estimate of drug-likeness (QED) is 0.681. The number of aryl methyl sites for hydroxylation is 1. The van der Waals surface area contributed by atoms with Gasteiger partial charge in [-0.3, -0.25) is 0 Å². The molecule has 0 aliphatic heterocycles. The van der Waals surface area contributed by atoms with Crippen LogP contribution in [0.5, 0.6) is 0 Å². The van der Waals surface area contributed by atoms with E-state index >= 15 is 0 Å². The summed E-state index contributed by atoms with van der Waals surface area (Å²) >= 11 is 0. The van der Waals surface area contributed by atoms with E-state index in [1.807, 2.05) is 6.07 Å². The Hall–Kier alpha value is -0.950. The lowest BCUT2D eigenvalue weighted by Crippen LogP contribution is -2.26. The highest BCUT2D eigenvalue weighted by atomic mass is 32.2. The predicted octanol–water partition coefficient (Wildman–Crippen LogP) is 1.79. The molecule has 0 unspecified atom stereocenters. The molecule has 1 rings (SSSR count). The first-order valence-corrected chi connectivity index (χ1v) is 8.72. The zero-order valence-electron chi connectivity index (χ0n) is 13.1. The van der Waals surface area contributed by atoms with Gasteiger partial charge in [0, 0.05) is 26.3 Å². The Kier molecular flexibility index (Phi) is 7.31. The molecule has 0 aliphatic rings. The summed E-state index contributed by atoms with van der Waals surface area (Å²) in [5.41, 5.74) is 7.08. The van der Waals surface area contributed by atoms with Gasteiger partial charge in [-0.05, 0) is 36.5 Å². The second-order valence-corrected chi connectivity index (χ2v) is 7.26. The van der Waals surface area contributed by atoms with Crippen LogP contribution >= 0.6 is 0 Å². The van der Waals surface area contributed by atoms with E-state index in [0.717, 1.165) is 11.1 Å². The van der Waals surface area contributed by atoms with E-state index in [0.29, 0.717) is 43.5 Å². The van der Waals surface area contributed by atoms with E-state index < -0.39 is 10.0 Å². The zero-order valence-corrected chi connectivity index (χ0v) is 13.9. The van der Waals surface area contributed by atoms with Crippen molar-refractivity contribution in [2.75, 3.05) is 19.8 Å². The number of benzene rings is 1. The first-order valence-electron chi connectivity index (χ1n) is 7.24. The van der Waals surface area contributed by atoms with Crippen LogP contribution in [0.2, 0.25) is 0 Å². The van der Waals surface area contributed by atoms with Crippen molar-refractivity contribution in [1.82, 2.24) is 4.72 Å². The van der Waals surface area contributed by atoms with Crippen molar-refractivity contribution in [3.63, 3.8) is 0 Å². The van der Waals surface area contributed by atoms with Crippen LogP contribution in [-0.4, -0.2) is 28.2 Å². The number of hydrogen-bond acceptors (Lipinski definition) is 4. The molecule has 0 saturated heterocycles. The van der Waals surface area contributed by atoms with Crippen molar-refractivity contribution < 1.29 is 13.2 Å². The van der Waals surface area contributed by atoms with Crippen molar-refractivity contribution >= 4 is 10.0 Å². The number of nitrogens with two attached hydrogens (primary N) is 1. The third-order valence-electron chi connectivity index (χ3n) is 2.99. The van der Waals surface area contributed by atoms with Gasteiger partial charge in [0.15, 0.2) is 0 Å². The van der Waals surface area contributed by atoms with Gasteiger partial charge in [-0.2, -0.15) is 0 Å². The molecule has 0 heterocycles. The van der Waals surface area contributed by atoms with Gasteiger partial charge >= 0.3 is 0 Å². The molecule has 0 amide bonds. The third kappa shape index (κ3) is 6.13. The summed E-state index contributed by atoms with van der Waals surface area (Å²) in [5, 5.41) is 0. The Morgan fingerprint density at radius 3 is 2.67 bits per heavy atom. The van der Waals surface area contributed by atoms with E-state index in [1.165, 1.54) is 0 Å². The Balaban J connectivity index is 2.54. The summed E-state index contributed by atoms with van der Waals surface area (Å²) in [4.78, 5) is 0.300. The summed E-state index contributed by atoms with van der Waals surface area (Å²) in [6, 6.07) is 5.25. The molecule has 21 heavy (non-hydrogen) atoms. The van der Waals surface area contributed by atoms with Gasteiger partial charge < -0.3 is 10.5 Å². The summed E-state index contributed by atoms with van der Waals surface area (Å²) < 4.78 is 32.6. The lowest BCUT2D eigenvalue weighted by Gasteiger charge is -2.11. The van der Waals surface area contributed by atoms with E-state index in [2.05, 4.69) is 18.6 Å². The van der Waals surface area contributed by atoms with Crippen LogP contribution in [0.25, 0.3) is 0 Å². The van der Waals surface area contributed by atoms with E-state index in [4.69, 9.17) is 10.5 Å². The average molecular weight is 314 g/mol. The monoisotopic (exact) mass is 314 g/mol. The molecular weight excluding hydrogens is 288 g/mol. The van der Waals surface area contributed by atoms with Gasteiger partial charge in [-0.25, -0.2) is 13.1 Å². The van der Waals surface area contributed by atoms with Crippen molar-refractivity contribution in [2.45, 2.75) is 38.6 Å². The van der Waals surface area contributed by atoms with Gasteiger partial charge in [0.2, 0.25) is 10.0 Å². The second kappa shape index (κ2) is 8.48. The van der Waals surface area contributed by atoms with Crippen LogP contribution < -0.4 is 10.5 Å². The second-order valence-electron chi connectivity index (χ2n) is 5.52. The minimum Gasteiger partial charge on any atom is -0.381 e. The molecule has 1 aromatic carbocycles. The maximum Gasteiger partial charge on any atom is 0.240 e. The van der Waals surface area contributed by atoms with Crippen molar-refractivity contribution in [3.8, 4) is 0 Å². The molecule has 0 fully saturated rings. The molecule has 0 bridgehead atoms. The summed E-state index contributed by atoms with van der Waals surface area (Å²) in [6.45, 7) is 7.89. The molecule has 0 atom stereocenters. The van der Waals surface area contributed by atoms with Crippen LogP contribution in [-0.2, 0) is 21.3 Å². The molecule has 120 valence electrons. The first-order chi connectivity index (χ1) is 9.86. The zero-order chi connectivity index (χ0) is 15.9. The van der Waals surface area contributed by atoms with E-state index in [9.17, 15) is 8.42 Å². The Morgan fingerprint density at radius 2 is 2.05 bits per heavy atom. The number of nitrogens with one attached hydrogen (secondary N) is 1. The number of sulfonamides is 1. The van der Waals surface area contributed by atoms with Crippen molar-refractivity contribution in [2.24, 2.45) is 11.7 Å². The largest absolute Gasteiger partial charge is 0.381 e. The fourth-order valence-electron chi connectivity index (χ4n) is 1.84. The Bertz CT molecular complexity index is 542. The fraction of sp³-hybridized carbons (Fsp3) is 0.600. The van der Waals surface area contributed by atoms with Crippen LogP contribution in [0.4, 0.5) is 0 Å². The van der Waals surface area contributed by atoms with Crippen molar-refractivity contribution in [1.29, 1.82) is 0 Å². The summed E-state index contributed by atoms with van der Waals surface area (Å²) in [7, 11) is -3.49. The highest BCUT2D eigenvalue weighted by Crippen LogP contribution is 2.16. The van der Waals surface area contributed by atoms with Gasteiger partial charge in [-0.15, -0.1) is 0 Å². The average Bonchev–Trinajstić information content (AvgIpc) is 2.42. The molecule has 0 aromatic heterocycles. The Morgan fingerprint density at radius 1 is 1.33 bits per heavy atom. The summed E-state index contributed by atoms with van der Waals surface area (Å²) in [6.07, 6.45) is 0.654. The van der Waals surface area contributed by atoms with Crippen LogP contribution in [0.3, 0.4) is 0 Å². The molecule has 0 saturated carbocycles. The van der Waals surface area contributed by atoms with E-state index in [1.54, 1.807) is 19.1 Å². The lowest BCUT2D eigenvalue weighted by atomic mass is 10.1. The van der Waals surface area contributed by atoms with Crippen molar-refractivity contribution in [3.05, 3.63) is 29.3 Å². The smallest absolute Gasteiger partial charge is 0.240 e. The van der Waals surface area contributed by atoms with Crippen LogP contribution in [0.1, 0.15) is 31.4 Å². The number of rotatable bonds is 9. The van der Waals surface area contributed by atoms with Gasteiger partial charge in [0.25, 0.3) is 0 Å². The molecule has 5 nitrogen and oxygen atoms in total. The van der Waals surface area contributed by atoms with Crippen LogP contribution in [0.15, 0.2) is 23.1 Å². The van der Waals surface area contributed by atoms with Gasteiger partial charge in [0.1, 0.15) is 0 Å². The molecular formula is C15H26N2O3S. The molecule has 0 radical (unpaired) electrons. The lowest BCUT2D eigenvalue weighted by molar-refractivity contribution is 0.108. The normalized spacial score (nSPS) is 12.0. The highest BCUT2D eigenvalue weighted by Gasteiger charge is 2.16. The molecule has 0 aliphatic carbocycles. The minimum atomic E-state index is -3.49.